The van der Waals surface area contributed by atoms with Crippen LogP contribution in [-0.2, 0) is 0 Å². The van der Waals surface area contributed by atoms with Crippen molar-refractivity contribution in [3.63, 3.8) is 0 Å². The van der Waals surface area contributed by atoms with Gasteiger partial charge >= 0.3 is 0 Å². The van der Waals surface area contributed by atoms with Crippen molar-refractivity contribution >= 4 is 12.6 Å². The van der Waals surface area contributed by atoms with Gasteiger partial charge in [0.05, 0.1) is 0 Å². The molecule has 0 aliphatic heterocycles. The third-order valence-corrected chi connectivity index (χ3v) is 1.51. The fourth-order valence-electron chi connectivity index (χ4n) is 0.776. The summed E-state index contributed by atoms with van der Waals surface area (Å²) in [6, 6.07) is 0. The molecule has 1 nitrogen and oxygen atoms in total. The number of benzene rings is 1. The summed E-state index contributed by atoms with van der Waals surface area (Å²) >= 11 is 3.43. The first-order chi connectivity index (χ1) is 6.50. The molecule has 0 heterocycles. The molecule has 0 aliphatic rings. The SMILES string of the molecule is Fc1c(F)c(F)c(OCS)c(F)c1F. The Bertz CT molecular complexity index is 339. The van der Waals surface area contributed by atoms with E-state index < -0.39 is 40.8 Å². The zero-order valence-corrected chi connectivity index (χ0v) is 7.35. The van der Waals surface area contributed by atoms with E-state index in [1.807, 2.05) is 0 Å². The first kappa shape index (κ1) is 11.1. The highest BCUT2D eigenvalue weighted by atomic mass is 32.1. The smallest absolute Gasteiger partial charge is 0.207 e. The van der Waals surface area contributed by atoms with E-state index in [0.29, 0.717) is 0 Å². The minimum absolute atomic E-state index is 0.502. The predicted octanol–water partition coefficient (Wildman–Crippen LogP) is 2.65. The van der Waals surface area contributed by atoms with Crippen LogP contribution in [0.3, 0.4) is 0 Å². The highest BCUT2D eigenvalue weighted by molar-refractivity contribution is 7.80. The normalized spacial score (nSPS) is 10.4. The number of hydrogen-bond donors (Lipinski definition) is 1. The highest BCUT2D eigenvalue weighted by Gasteiger charge is 2.26. The molecule has 0 fully saturated rings. The van der Waals surface area contributed by atoms with Crippen LogP contribution in [0.1, 0.15) is 0 Å². The summed E-state index contributed by atoms with van der Waals surface area (Å²) < 4.78 is 66.9. The summed E-state index contributed by atoms with van der Waals surface area (Å²) in [5.41, 5.74) is 0. The molecule has 14 heavy (non-hydrogen) atoms. The molecular formula is C7H3F5OS. The van der Waals surface area contributed by atoms with Gasteiger partial charge in [0.1, 0.15) is 5.94 Å². The highest BCUT2D eigenvalue weighted by Crippen LogP contribution is 2.28. The topological polar surface area (TPSA) is 9.23 Å². The Hall–Kier alpha value is -0.980. The second kappa shape index (κ2) is 4.04. The monoisotopic (exact) mass is 230 g/mol. The lowest BCUT2D eigenvalue weighted by Gasteiger charge is -2.07. The first-order valence-electron chi connectivity index (χ1n) is 3.25. The van der Waals surface area contributed by atoms with Crippen molar-refractivity contribution < 1.29 is 26.7 Å². The Morgan fingerprint density at radius 1 is 0.786 bits per heavy atom. The lowest BCUT2D eigenvalue weighted by atomic mass is 10.3. The van der Waals surface area contributed by atoms with Crippen LogP contribution in [0.5, 0.6) is 5.75 Å². The third-order valence-electron chi connectivity index (χ3n) is 1.38. The molecule has 78 valence electrons. The Labute approximate surface area is 80.9 Å². The molecule has 0 spiro atoms. The van der Waals surface area contributed by atoms with Gasteiger partial charge in [-0.25, -0.2) is 13.2 Å². The molecule has 0 atom stereocenters. The van der Waals surface area contributed by atoms with Gasteiger partial charge in [0.25, 0.3) is 0 Å². The summed E-state index contributed by atoms with van der Waals surface area (Å²) in [5.74, 6) is -12.1. The lowest BCUT2D eigenvalue weighted by molar-refractivity contribution is 0.302. The average Bonchev–Trinajstić information content (AvgIpc) is 2.19. The maximum Gasteiger partial charge on any atom is 0.207 e. The molecule has 0 N–H and O–H groups in total. The van der Waals surface area contributed by atoms with Gasteiger partial charge in [-0.15, -0.1) is 12.6 Å². The van der Waals surface area contributed by atoms with Crippen LogP contribution in [-0.4, -0.2) is 5.94 Å². The summed E-state index contributed by atoms with van der Waals surface area (Å²) in [4.78, 5) is 0. The maximum atomic E-state index is 12.7. The second-order valence-corrected chi connectivity index (χ2v) is 2.43. The quantitative estimate of drug-likeness (QED) is 0.270. The van der Waals surface area contributed by atoms with Gasteiger partial charge in [0, 0.05) is 0 Å². The first-order valence-corrected chi connectivity index (χ1v) is 3.89. The summed E-state index contributed by atoms with van der Waals surface area (Å²) in [5, 5.41) is 0. The van der Waals surface area contributed by atoms with E-state index in [0.717, 1.165) is 0 Å². The predicted molar refractivity (Wildman–Crippen MR) is 40.7 cm³/mol. The molecule has 0 bridgehead atoms. The number of rotatable bonds is 2. The van der Waals surface area contributed by atoms with Crippen LogP contribution in [0.15, 0.2) is 0 Å². The van der Waals surface area contributed by atoms with Crippen molar-refractivity contribution in [2.75, 3.05) is 5.94 Å². The van der Waals surface area contributed by atoms with Gasteiger partial charge in [-0.1, -0.05) is 0 Å². The minimum atomic E-state index is -2.22. The molecule has 7 heteroatoms. The molecule has 0 aliphatic carbocycles. The zero-order valence-electron chi connectivity index (χ0n) is 6.45. The van der Waals surface area contributed by atoms with Crippen LogP contribution in [0.2, 0.25) is 0 Å². The van der Waals surface area contributed by atoms with E-state index in [-0.39, 0.29) is 0 Å². The molecule has 0 amide bonds. The van der Waals surface area contributed by atoms with Gasteiger partial charge in [-0.05, 0) is 0 Å². The number of ether oxygens (including phenoxy) is 1. The number of hydrogen-bond acceptors (Lipinski definition) is 2. The summed E-state index contributed by atoms with van der Waals surface area (Å²) in [7, 11) is 0. The van der Waals surface area contributed by atoms with E-state index in [1.165, 1.54) is 0 Å². The Balaban J connectivity index is 3.43. The fraction of sp³-hybridized carbons (Fsp3) is 0.143. The maximum absolute atomic E-state index is 12.7. The van der Waals surface area contributed by atoms with Gasteiger partial charge in [-0.2, -0.15) is 8.78 Å². The van der Waals surface area contributed by atoms with Gasteiger partial charge in [-0.3, -0.25) is 0 Å². The van der Waals surface area contributed by atoms with Crippen molar-refractivity contribution in [3.8, 4) is 5.75 Å². The molecule has 0 saturated carbocycles. The standard InChI is InChI=1S/C7H3F5OS/c8-2-3(9)5(11)7(13-1-14)6(12)4(2)10/h14H,1H2. The van der Waals surface area contributed by atoms with E-state index >= 15 is 0 Å². The molecule has 1 aromatic rings. The van der Waals surface area contributed by atoms with Crippen molar-refractivity contribution in [2.24, 2.45) is 0 Å². The van der Waals surface area contributed by atoms with Gasteiger partial charge in [0.15, 0.2) is 5.75 Å². The Kier molecular flexibility index (Phi) is 3.20. The van der Waals surface area contributed by atoms with Gasteiger partial charge in [0.2, 0.25) is 29.1 Å². The van der Waals surface area contributed by atoms with Crippen LogP contribution >= 0.6 is 12.6 Å². The number of halogens is 5. The second-order valence-electron chi connectivity index (χ2n) is 2.17. The van der Waals surface area contributed by atoms with Gasteiger partial charge < -0.3 is 4.74 Å². The third kappa shape index (κ3) is 1.63. The van der Waals surface area contributed by atoms with Crippen molar-refractivity contribution in [2.45, 2.75) is 0 Å². The lowest BCUT2D eigenvalue weighted by Crippen LogP contribution is -2.05. The van der Waals surface area contributed by atoms with E-state index in [1.54, 1.807) is 0 Å². The number of thiol groups is 1. The van der Waals surface area contributed by atoms with Crippen LogP contribution in [0, 0.1) is 29.1 Å². The zero-order chi connectivity index (χ0) is 10.9. The molecule has 0 radical (unpaired) electrons. The summed E-state index contributed by atoms with van der Waals surface area (Å²) in [6.07, 6.45) is 0. The minimum Gasteiger partial charge on any atom is -0.477 e. The molecular weight excluding hydrogens is 227 g/mol. The largest absolute Gasteiger partial charge is 0.477 e. The average molecular weight is 230 g/mol. The fourth-order valence-corrected chi connectivity index (χ4v) is 0.905. The van der Waals surface area contributed by atoms with E-state index in [2.05, 4.69) is 17.4 Å². The van der Waals surface area contributed by atoms with Crippen molar-refractivity contribution in [1.29, 1.82) is 0 Å². The van der Waals surface area contributed by atoms with Crippen molar-refractivity contribution in [3.05, 3.63) is 29.1 Å². The van der Waals surface area contributed by atoms with Crippen LogP contribution in [0.25, 0.3) is 0 Å². The summed E-state index contributed by atoms with van der Waals surface area (Å²) in [6.45, 7) is 0. The van der Waals surface area contributed by atoms with Crippen molar-refractivity contribution in [1.82, 2.24) is 0 Å². The molecule has 0 aromatic heterocycles. The Morgan fingerprint density at radius 2 is 1.14 bits per heavy atom. The van der Waals surface area contributed by atoms with Crippen LogP contribution < -0.4 is 4.74 Å². The molecule has 1 aromatic carbocycles. The molecule has 1 rings (SSSR count). The molecule has 0 saturated heterocycles. The van der Waals surface area contributed by atoms with E-state index in [4.69, 9.17) is 0 Å². The molecule has 0 unspecified atom stereocenters. The van der Waals surface area contributed by atoms with Crippen LogP contribution in [0.4, 0.5) is 22.0 Å². The Morgan fingerprint density at radius 3 is 1.50 bits per heavy atom. The van der Waals surface area contributed by atoms with E-state index in [9.17, 15) is 22.0 Å².